The molecule has 1 aliphatic rings. The van der Waals surface area contributed by atoms with Crippen LogP contribution in [0.4, 0.5) is 0 Å². The minimum atomic E-state index is 0.385. The average molecular weight is 229 g/mol. The lowest BCUT2D eigenvalue weighted by Crippen LogP contribution is -2.35. The minimum absolute atomic E-state index is 0.385. The van der Waals surface area contributed by atoms with Gasteiger partial charge < -0.3 is 10.1 Å². The molecule has 0 fully saturated rings. The number of ether oxygens (including phenoxy) is 1. The quantitative estimate of drug-likeness (QED) is 0.678. The fraction of sp³-hybridized carbons (Fsp3) is 0.833. The van der Waals surface area contributed by atoms with Crippen LogP contribution in [-0.4, -0.2) is 30.2 Å². The SMILES string of the molecule is CCSCCC(C)NCC1CCC=CO1. The minimum Gasteiger partial charge on any atom is -0.497 e. The fourth-order valence-corrected chi connectivity index (χ4v) is 2.38. The van der Waals surface area contributed by atoms with Crippen molar-refractivity contribution in [1.82, 2.24) is 5.32 Å². The number of rotatable bonds is 7. The maximum Gasteiger partial charge on any atom is 0.110 e. The summed E-state index contributed by atoms with van der Waals surface area (Å²) in [6, 6.07) is 0.610. The average Bonchev–Trinajstić information content (AvgIpc) is 2.28. The van der Waals surface area contributed by atoms with Gasteiger partial charge in [-0.25, -0.2) is 0 Å². The first-order valence-corrected chi connectivity index (χ1v) is 7.10. The smallest absolute Gasteiger partial charge is 0.110 e. The van der Waals surface area contributed by atoms with E-state index in [4.69, 9.17) is 4.74 Å². The van der Waals surface area contributed by atoms with E-state index in [1.165, 1.54) is 17.9 Å². The molecule has 0 saturated heterocycles. The molecule has 2 atom stereocenters. The monoisotopic (exact) mass is 229 g/mol. The Labute approximate surface area is 97.8 Å². The van der Waals surface area contributed by atoms with Crippen LogP contribution in [0.25, 0.3) is 0 Å². The Balaban J connectivity index is 2.00. The Kier molecular flexibility index (Phi) is 6.94. The van der Waals surface area contributed by atoms with Gasteiger partial charge in [0, 0.05) is 12.6 Å². The first-order valence-electron chi connectivity index (χ1n) is 5.94. The summed E-state index contributed by atoms with van der Waals surface area (Å²) in [6.45, 7) is 5.46. The molecule has 0 aliphatic carbocycles. The van der Waals surface area contributed by atoms with Crippen LogP contribution in [-0.2, 0) is 4.74 Å². The molecule has 88 valence electrons. The summed E-state index contributed by atoms with van der Waals surface area (Å²) in [5.41, 5.74) is 0. The number of hydrogen-bond acceptors (Lipinski definition) is 3. The summed E-state index contributed by atoms with van der Waals surface area (Å²) in [7, 11) is 0. The van der Waals surface area contributed by atoms with Crippen LogP contribution in [0.5, 0.6) is 0 Å². The standard InChI is InChI=1S/C12H23NOS/c1-3-15-9-7-11(2)13-10-12-6-4-5-8-14-12/h5,8,11-13H,3-4,6-7,9-10H2,1-2H3. The Hall–Kier alpha value is -0.150. The zero-order chi connectivity index (χ0) is 10.9. The maximum atomic E-state index is 5.51. The molecule has 1 rings (SSSR count). The predicted molar refractivity (Wildman–Crippen MR) is 68.3 cm³/mol. The molecule has 1 N–H and O–H groups in total. The molecule has 1 heterocycles. The second kappa shape index (κ2) is 8.05. The van der Waals surface area contributed by atoms with Crippen molar-refractivity contribution in [2.45, 2.75) is 45.3 Å². The van der Waals surface area contributed by atoms with E-state index in [9.17, 15) is 0 Å². The van der Waals surface area contributed by atoms with E-state index in [2.05, 4.69) is 25.2 Å². The van der Waals surface area contributed by atoms with Gasteiger partial charge >= 0.3 is 0 Å². The van der Waals surface area contributed by atoms with Crippen LogP contribution in [0.1, 0.15) is 33.1 Å². The lowest BCUT2D eigenvalue weighted by Gasteiger charge is -2.22. The van der Waals surface area contributed by atoms with Crippen molar-refractivity contribution < 1.29 is 4.74 Å². The van der Waals surface area contributed by atoms with Gasteiger partial charge in [-0.05, 0) is 43.8 Å². The number of allylic oxidation sites excluding steroid dienone is 1. The third-order valence-corrected chi connectivity index (χ3v) is 3.55. The van der Waals surface area contributed by atoms with Gasteiger partial charge in [0.2, 0.25) is 0 Å². The zero-order valence-corrected chi connectivity index (χ0v) is 10.7. The summed E-state index contributed by atoms with van der Waals surface area (Å²) >= 11 is 2.02. The molecule has 1 aliphatic heterocycles. The van der Waals surface area contributed by atoms with E-state index in [1.807, 2.05) is 18.0 Å². The van der Waals surface area contributed by atoms with Crippen LogP contribution >= 0.6 is 11.8 Å². The van der Waals surface area contributed by atoms with E-state index in [-0.39, 0.29) is 0 Å². The molecule has 2 unspecified atom stereocenters. The van der Waals surface area contributed by atoms with Crippen LogP contribution in [0.2, 0.25) is 0 Å². The van der Waals surface area contributed by atoms with Crippen LogP contribution in [0, 0.1) is 0 Å². The zero-order valence-electron chi connectivity index (χ0n) is 9.87. The molecule has 0 radical (unpaired) electrons. The van der Waals surface area contributed by atoms with E-state index in [1.54, 1.807) is 0 Å². The molecular weight excluding hydrogens is 206 g/mol. The third kappa shape index (κ3) is 6.10. The van der Waals surface area contributed by atoms with E-state index in [0.29, 0.717) is 12.1 Å². The molecule has 0 aromatic heterocycles. The second-order valence-electron chi connectivity index (χ2n) is 4.00. The molecule has 0 aromatic carbocycles. The van der Waals surface area contributed by atoms with Gasteiger partial charge in [-0.2, -0.15) is 11.8 Å². The summed E-state index contributed by atoms with van der Waals surface area (Å²) < 4.78 is 5.51. The summed E-state index contributed by atoms with van der Waals surface area (Å²) in [5.74, 6) is 2.49. The van der Waals surface area contributed by atoms with Crippen molar-refractivity contribution in [2.75, 3.05) is 18.1 Å². The molecule has 2 nitrogen and oxygen atoms in total. The van der Waals surface area contributed by atoms with Gasteiger partial charge in [0.05, 0.1) is 6.26 Å². The van der Waals surface area contributed by atoms with E-state index >= 15 is 0 Å². The normalized spacial score (nSPS) is 22.4. The lowest BCUT2D eigenvalue weighted by molar-refractivity contribution is 0.119. The Morgan fingerprint density at radius 2 is 2.47 bits per heavy atom. The van der Waals surface area contributed by atoms with Gasteiger partial charge in [-0.3, -0.25) is 0 Å². The van der Waals surface area contributed by atoms with E-state index in [0.717, 1.165) is 19.4 Å². The van der Waals surface area contributed by atoms with Crippen LogP contribution < -0.4 is 5.32 Å². The Morgan fingerprint density at radius 1 is 1.60 bits per heavy atom. The molecule has 3 heteroatoms. The number of thioether (sulfide) groups is 1. The number of nitrogens with one attached hydrogen (secondary N) is 1. The van der Waals surface area contributed by atoms with Crippen molar-refractivity contribution in [3.8, 4) is 0 Å². The highest BCUT2D eigenvalue weighted by Gasteiger charge is 2.11. The molecule has 15 heavy (non-hydrogen) atoms. The maximum absolute atomic E-state index is 5.51. The summed E-state index contributed by atoms with van der Waals surface area (Å²) in [5, 5.41) is 3.54. The van der Waals surface area contributed by atoms with Crippen molar-refractivity contribution in [3.05, 3.63) is 12.3 Å². The van der Waals surface area contributed by atoms with Crippen molar-refractivity contribution in [3.63, 3.8) is 0 Å². The summed E-state index contributed by atoms with van der Waals surface area (Å²) in [4.78, 5) is 0. The first kappa shape index (κ1) is 12.9. The first-order chi connectivity index (χ1) is 7.33. The van der Waals surface area contributed by atoms with Crippen molar-refractivity contribution in [1.29, 1.82) is 0 Å². The third-order valence-electron chi connectivity index (χ3n) is 2.62. The number of hydrogen-bond donors (Lipinski definition) is 1. The fourth-order valence-electron chi connectivity index (χ4n) is 1.57. The van der Waals surface area contributed by atoms with Gasteiger partial charge in [0.25, 0.3) is 0 Å². The largest absolute Gasteiger partial charge is 0.497 e. The molecule has 0 aromatic rings. The second-order valence-corrected chi connectivity index (χ2v) is 5.40. The van der Waals surface area contributed by atoms with Gasteiger partial charge in [0.15, 0.2) is 0 Å². The molecule has 0 spiro atoms. The molecule has 0 saturated carbocycles. The van der Waals surface area contributed by atoms with Gasteiger partial charge in [0.1, 0.15) is 6.10 Å². The van der Waals surface area contributed by atoms with Crippen LogP contribution in [0.3, 0.4) is 0 Å². The Morgan fingerprint density at radius 3 is 3.13 bits per heavy atom. The predicted octanol–water partition coefficient (Wildman–Crippen LogP) is 2.80. The molecular formula is C12H23NOS. The van der Waals surface area contributed by atoms with Gasteiger partial charge in [-0.1, -0.05) is 6.92 Å². The van der Waals surface area contributed by atoms with Crippen LogP contribution in [0.15, 0.2) is 12.3 Å². The van der Waals surface area contributed by atoms with Gasteiger partial charge in [-0.15, -0.1) is 0 Å². The van der Waals surface area contributed by atoms with E-state index < -0.39 is 0 Å². The van der Waals surface area contributed by atoms with Crippen molar-refractivity contribution in [2.24, 2.45) is 0 Å². The highest BCUT2D eigenvalue weighted by atomic mass is 32.2. The Bertz CT molecular complexity index is 184. The highest BCUT2D eigenvalue weighted by molar-refractivity contribution is 7.99. The molecule has 0 bridgehead atoms. The lowest BCUT2D eigenvalue weighted by atomic mass is 10.1. The van der Waals surface area contributed by atoms with Crippen molar-refractivity contribution >= 4 is 11.8 Å². The molecule has 0 amide bonds. The summed E-state index contributed by atoms with van der Waals surface area (Å²) in [6.07, 6.45) is 7.88. The highest BCUT2D eigenvalue weighted by Crippen LogP contribution is 2.10. The topological polar surface area (TPSA) is 21.3 Å².